The van der Waals surface area contributed by atoms with Crippen LogP contribution in [-0.2, 0) is 11.2 Å². The van der Waals surface area contributed by atoms with E-state index in [0.29, 0.717) is 11.5 Å². The first kappa shape index (κ1) is 21.0. The number of urea groups is 1. The fraction of sp³-hybridized carbons (Fsp3) is 0.600. The number of nitrogens with one attached hydrogen (secondary N) is 3. The molecule has 0 spiro atoms. The third kappa shape index (κ3) is 7.09. The fourth-order valence-corrected chi connectivity index (χ4v) is 3.40. The predicted molar refractivity (Wildman–Crippen MR) is 103 cm³/mol. The molecule has 0 heterocycles. The van der Waals surface area contributed by atoms with Gasteiger partial charge in [0.1, 0.15) is 0 Å². The Hall–Kier alpha value is -2.28. The Balaban J connectivity index is 1.72. The van der Waals surface area contributed by atoms with E-state index in [9.17, 15) is 9.59 Å². The van der Waals surface area contributed by atoms with Crippen molar-refractivity contribution in [1.29, 1.82) is 0 Å². The van der Waals surface area contributed by atoms with Crippen molar-refractivity contribution < 1.29 is 24.0 Å². The lowest BCUT2D eigenvalue weighted by Gasteiger charge is -2.22. The minimum Gasteiger partial charge on any atom is -0.493 e. The quantitative estimate of drug-likeness (QED) is 0.628. The van der Waals surface area contributed by atoms with Crippen LogP contribution in [0.4, 0.5) is 4.79 Å². The van der Waals surface area contributed by atoms with Crippen molar-refractivity contribution in [1.82, 2.24) is 10.6 Å². The third-order valence-corrected chi connectivity index (χ3v) is 4.94. The number of imide groups is 1. The number of methoxy groups -OCH3 is 2. The van der Waals surface area contributed by atoms with Gasteiger partial charge in [-0.15, -0.1) is 0 Å². The summed E-state index contributed by atoms with van der Waals surface area (Å²) in [5, 5.41) is 5.34. The molecule has 27 heavy (non-hydrogen) atoms. The number of hydrogen-bond acceptors (Lipinski definition) is 4. The molecule has 3 amide bonds. The molecule has 1 aromatic carbocycles. The van der Waals surface area contributed by atoms with Crippen LogP contribution in [0.2, 0.25) is 0 Å². The molecule has 150 valence electrons. The second-order valence-electron chi connectivity index (χ2n) is 7.18. The van der Waals surface area contributed by atoms with Crippen molar-refractivity contribution in [2.45, 2.75) is 44.6 Å². The van der Waals surface area contributed by atoms with Crippen LogP contribution in [0.15, 0.2) is 18.2 Å². The highest BCUT2D eigenvalue weighted by molar-refractivity contribution is 5.94. The minimum atomic E-state index is -0.375. The summed E-state index contributed by atoms with van der Waals surface area (Å²) in [5.74, 6) is 1.14. The number of rotatable bonds is 8. The van der Waals surface area contributed by atoms with Gasteiger partial charge in [0.2, 0.25) is 0 Å². The largest absolute Gasteiger partial charge is 0.493 e. The van der Waals surface area contributed by atoms with E-state index in [-0.39, 0.29) is 24.5 Å². The molecule has 0 saturated heterocycles. The van der Waals surface area contributed by atoms with Gasteiger partial charge in [0.15, 0.2) is 18.0 Å². The van der Waals surface area contributed by atoms with Gasteiger partial charge in [0.05, 0.1) is 27.8 Å². The highest BCUT2D eigenvalue weighted by Crippen LogP contribution is 2.27. The molecule has 1 aliphatic rings. The van der Waals surface area contributed by atoms with E-state index in [2.05, 4.69) is 10.6 Å². The Morgan fingerprint density at radius 1 is 1.11 bits per heavy atom. The molecule has 0 aliphatic heterocycles. The van der Waals surface area contributed by atoms with Crippen LogP contribution in [0.1, 0.15) is 37.7 Å². The molecule has 1 saturated carbocycles. The topological polar surface area (TPSA) is 81.1 Å². The Bertz CT molecular complexity index is 630. The molecule has 0 radical (unpaired) electrons. The van der Waals surface area contributed by atoms with Crippen molar-refractivity contribution in [2.75, 3.05) is 34.4 Å². The standard InChI is InChI=1S/C20H31N3O4/c1-23(12-11-15-9-10-17(26-2)18(13-15)27-3)14-19(24)22-20(25)21-16-7-5-4-6-8-16/h9-10,13,16H,4-8,11-12,14H2,1-3H3,(H2,21,22,24,25)/p+1. The molecule has 1 atom stereocenters. The van der Waals surface area contributed by atoms with Crippen LogP contribution in [0.5, 0.6) is 11.5 Å². The van der Waals surface area contributed by atoms with Crippen molar-refractivity contribution >= 4 is 11.9 Å². The zero-order valence-electron chi connectivity index (χ0n) is 16.6. The van der Waals surface area contributed by atoms with Gasteiger partial charge < -0.3 is 19.7 Å². The Labute approximate surface area is 161 Å². The third-order valence-electron chi connectivity index (χ3n) is 4.94. The maximum atomic E-state index is 12.1. The van der Waals surface area contributed by atoms with Gasteiger partial charge in [0.25, 0.3) is 5.91 Å². The Morgan fingerprint density at radius 2 is 1.81 bits per heavy atom. The summed E-state index contributed by atoms with van der Waals surface area (Å²) >= 11 is 0. The van der Waals surface area contributed by atoms with Gasteiger partial charge in [-0.2, -0.15) is 0 Å². The van der Waals surface area contributed by atoms with Crippen LogP contribution in [0.25, 0.3) is 0 Å². The zero-order chi connectivity index (χ0) is 19.6. The first-order valence-corrected chi connectivity index (χ1v) is 9.64. The smallest absolute Gasteiger partial charge is 0.321 e. The van der Waals surface area contributed by atoms with Crippen LogP contribution >= 0.6 is 0 Å². The highest BCUT2D eigenvalue weighted by atomic mass is 16.5. The summed E-state index contributed by atoms with van der Waals surface area (Å²) in [6.07, 6.45) is 6.31. The summed E-state index contributed by atoms with van der Waals surface area (Å²) in [5.41, 5.74) is 1.11. The van der Waals surface area contributed by atoms with E-state index < -0.39 is 0 Å². The second-order valence-corrected chi connectivity index (χ2v) is 7.18. The summed E-state index contributed by atoms with van der Waals surface area (Å²) < 4.78 is 10.6. The zero-order valence-corrected chi connectivity index (χ0v) is 16.6. The van der Waals surface area contributed by atoms with Crippen molar-refractivity contribution in [2.24, 2.45) is 0 Å². The molecule has 1 aliphatic carbocycles. The van der Waals surface area contributed by atoms with Gasteiger partial charge in [-0.05, 0) is 30.5 Å². The molecule has 7 nitrogen and oxygen atoms in total. The lowest BCUT2D eigenvalue weighted by Crippen LogP contribution is -3.10. The van der Waals surface area contributed by atoms with E-state index in [1.807, 2.05) is 25.2 Å². The summed E-state index contributed by atoms with van der Waals surface area (Å²) in [4.78, 5) is 25.0. The minimum absolute atomic E-state index is 0.196. The lowest BCUT2D eigenvalue weighted by molar-refractivity contribution is -0.870. The molecule has 7 heteroatoms. The van der Waals surface area contributed by atoms with Gasteiger partial charge >= 0.3 is 6.03 Å². The summed E-state index contributed by atoms with van der Waals surface area (Å²) in [6, 6.07) is 5.64. The molecular formula is C20H32N3O4+. The van der Waals surface area contributed by atoms with Crippen LogP contribution < -0.4 is 25.0 Å². The van der Waals surface area contributed by atoms with Gasteiger partial charge in [-0.25, -0.2) is 4.79 Å². The molecule has 1 aromatic rings. The van der Waals surface area contributed by atoms with Crippen molar-refractivity contribution in [3.8, 4) is 11.5 Å². The number of carbonyl (C=O) groups excluding carboxylic acids is 2. The number of hydrogen-bond donors (Lipinski definition) is 3. The monoisotopic (exact) mass is 378 g/mol. The maximum Gasteiger partial charge on any atom is 0.321 e. The number of carbonyl (C=O) groups is 2. The van der Waals surface area contributed by atoms with Crippen LogP contribution in [0, 0.1) is 0 Å². The SMILES string of the molecule is COc1ccc(CC[NH+](C)CC(=O)NC(=O)NC2CCCCC2)cc1OC. The van der Waals surface area contributed by atoms with Crippen molar-refractivity contribution in [3.05, 3.63) is 23.8 Å². The molecule has 0 aromatic heterocycles. The average molecular weight is 378 g/mol. The predicted octanol–water partition coefficient (Wildman–Crippen LogP) is 0.920. The normalized spacial score (nSPS) is 15.7. The molecule has 3 N–H and O–H groups in total. The average Bonchev–Trinajstić information content (AvgIpc) is 2.66. The van der Waals surface area contributed by atoms with E-state index in [1.54, 1.807) is 14.2 Å². The van der Waals surface area contributed by atoms with Crippen molar-refractivity contribution in [3.63, 3.8) is 0 Å². The lowest BCUT2D eigenvalue weighted by atomic mass is 9.96. The first-order chi connectivity index (χ1) is 13.0. The fourth-order valence-electron chi connectivity index (χ4n) is 3.40. The molecule has 1 unspecified atom stereocenters. The van der Waals surface area contributed by atoms with Crippen LogP contribution in [0.3, 0.4) is 0 Å². The molecular weight excluding hydrogens is 346 g/mol. The van der Waals surface area contributed by atoms with Crippen LogP contribution in [-0.4, -0.2) is 52.3 Å². The van der Waals surface area contributed by atoms with E-state index >= 15 is 0 Å². The molecule has 1 fully saturated rings. The van der Waals surface area contributed by atoms with E-state index in [4.69, 9.17) is 9.47 Å². The van der Waals surface area contributed by atoms with Gasteiger partial charge in [0, 0.05) is 12.5 Å². The Kier molecular flexibility index (Phi) is 8.39. The Morgan fingerprint density at radius 3 is 2.48 bits per heavy atom. The number of amides is 3. The summed E-state index contributed by atoms with van der Waals surface area (Å²) in [7, 11) is 5.17. The molecule has 2 rings (SSSR count). The van der Waals surface area contributed by atoms with Gasteiger partial charge in [-0.3, -0.25) is 10.1 Å². The maximum absolute atomic E-state index is 12.1. The number of quaternary nitrogens is 1. The van der Waals surface area contributed by atoms with Gasteiger partial charge in [-0.1, -0.05) is 25.3 Å². The summed E-state index contributed by atoms with van der Waals surface area (Å²) in [6.45, 7) is 1.03. The molecule has 0 bridgehead atoms. The number of likely N-dealkylation sites (N-methyl/N-ethyl adjacent to an activating group) is 1. The van der Waals surface area contributed by atoms with E-state index in [1.165, 1.54) is 6.42 Å². The first-order valence-electron chi connectivity index (χ1n) is 9.64. The second kappa shape index (κ2) is 10.8. The van der Waals surface area contributed by atoms with E-state index in [0.717, 1.165) is 49.1 Å². The number of ether oxygens (including phenoxy) is 2. The number of benzene rings is 1. The highest BCUT2D eigenvalue weighted by Gasteiger charge is 2.18.